The zero-order valence-electron chi connectivity index (χ0n) is 15.9. The average Bonchev–Trinajstić information content (AvgIpc) is 3.40. The number of carbonyl (C=O) groups is 1. The molecule has 4 rings (SSSR count). The van der Waals surface area contributed by atoms with Crippen LogP contribution >= 0.6 is 0 Å². The Morgan fingerprint density at radius 3 is 2.96 bits per heavy atom. The molecule has 3 N–H and O–H groups in total. The first kappa shape index (κ1) is 18.0. The number of nitrogens with one attached hydrogen (secondary N) is 3. The lowest BCUT2D eigenvalue weighted by atomic mass is 10.1. The maximum atomic E-state index is 12.3. The summed E-state index contributed by atoms with van der Waals surface area (Å²) in [5.74, 6) is 0.691. The smallest absolute Gasteiger partial charge is 0.315 e. The van der Waals surface area contributed by atoms with Crippen molar-refractivity contribution in [1.29, 1.82) is 0 Å². The molecular weight excluding hydrogens is 352 g/mol. The SMILES string of the molecule is Cc1ccccc1CNC(=O)NC1CCN(c2nccc(-c3ccc[nH]3)n2)C1. The highest BCUT2D eigenvalue weighted by atomic mass is 16.2. The highest BCUT2D eigenvalue weighted by molar-refractivity contribution is 5.74. The molecule has 1 atom stereocenters. The van der Waals surface area contributed by atoms with Gasteiger partial charge in [-0.1, -0.05) is 24.3 Å². The molecular formula is C21H24N6O. The number of nitrogens with zero attached hydrogens (tertiary/aromatic N) is 3. The van der Waals surface area contributed by atoms with Crippen LogP contribution in [0.4, 0.5) is 10.7 Å². The van der Waals surface area contributed by atoms with Crippen LogP contribution in [0.5, 0.6) is 0 Å². The van der Waals surface area contributed by atoms with E-state index in [2.05, 4.69) is 30.5 Å². The summed E-state index contributed by atoms with van der Waals surface area (Å²) >= 11 is 0. The lowest BCUT2D eigenvalue weighted by molar-refractivity contribution is 0.237. The molecule has 7 nitrogen and oxygen atoms in total. The quantitative estimate of drug-likeness (QED) is 0.639. The Labute approximate surface area is 164 Å². The number of aromatic nitrogens is 3. The van der Waals surface area contributed by atoms with Crippen molar-refractivity contribution in [3.63, 3.8) is 0 Å². The topological polar surface area (TPSA) is 85.9 Å². The highest BCUT2D eigenvalue weighted by Crippen LogP contribution is 2.20. The summed E-state index contributed by atoms with van der Waals surface area (Å²) in [6.07, 6.45) is 4.52. The van der Waals surface area contributed by atoms with Gasteiger partial charge in [0.1, 0.15) is 0 Å². The van der Waals surface area contributed by atoms with Gasteiger partial charge in [0.2, 0.25) is 5.95 Å². The molecule has 3 aromatic rings. The molecule has 0 saturated carbocycles. The van der Waals surface area contributed by atoms with Crippen LogP contribution < -0.4 is 15.5 Å². The predicted molar refractivity (Wildman–Crippen MR) is 109 cm³/mol. The number of amides is 2. The summed E-state index contributed by atoms with van der Waals surface area (Å²) in [6.45, 7) is 4.09. The Hall–Kier alpha value is -3.35. The van der Waals surface area contributed by atoms with E-state index in [9.17, 15) is 4.79 Å². The van der Waals surface area contributed by atoms with Gasteiger partial charge in [-0.2, -0.15) is 0 Å². The minimum absolute atomic E-state index is 0.0783. The number of urea groups is 1. The number of hydrogen-bond donors (Lipinski definition) is 3. The molecule has 3 heterocycles. The zero-order chi connectivity index (χ0) is 19.3. The number of hydrogen-bond acceptors (Lipinski definition) is 4. The van der Waals surface area contributed by atoms with Crippen LogP contribution in [-0.4, -0.2) is 40.1 Å². The summed E-state index contributed by atoms with van der Waals surface area (Å²) in [7, 11) is 0. The molecule has 144 valence electrons. The third-order valence-corrected chi connectivity index (χ3v) is 5.02. The van der Waals surface area contributed by atoms with Gasteiger partial charge < -0.3 is 20.5 Å². The molecule has 1 aliphatic rings. The van der Waals surface area contributed by atoms with Gasteiger partial charge in [-0.25, -0.2) is 14.8 Å². The number of aromatic amines is 1. The highest BCUT2D eigenvalue weighted by Gasteiger charge is 2.25. The normalized spacial score (nSPS) is 16.2. The van der Waals surface area contributed by atoms with E-state index in [0.717, 1.165) is 29.9 Å². The summed E-state index contributed by atoms with van der Waals surface area (Å²) in [5.41, 5.74) is 4.13. The van der Waals surface area contributed by atoms with Gasteiger partial charge in [-0.05, 0) is 42.7 Å². The molecule has 7 heteroatoms. The molecule has 0 radical (unpaired) electrons. The second-order valence-corrected chi connectivity index (χ2v) is 7.01. The van der Waals surface area contributed by atoms with Gasteiger partial charge in [0.15, 0.2) is 0 Å². The van der Waals surface area contributed by atoms with E-state index < -0.39 is 0 Å². The largest absolute Gasteiger partial charge is 0.360 e. The first-order valence-electron chi connectivity index (χ1n) is 9.49. The first-order chi connectivity index (χ1) is 13.7. The Morgan fingerprint density at radius 1 is 1.25 bits per heavy atom. The number of anilines is 1. The number of aryl methyl sites for hydroxylation is 1. The van der Waals surface area contributed by atoms with Crippen molar-refractivity contribution in [2.75, 3.05) is 18.0 Å². The summed E-state index contributed by atoms with van der Waals surface area (Å²) in [4.78, 5) is 26.6. The Kier molecular flexibility index (Phi) is 5.23. The molecule has 2 aromatic heterocycles. The van der Waals surface area contributed by atoms with E-state index in [-0.39, 0.29) is 12.1 Å². The third-order valence-electron chi connectivity index (χ3n) is 5.02. The van der Waals surface area contributed by atoms with Crippen molar-refractivity contribution in [1.82, 2.24) is 25.6 Å². The van der Waals surface area contributed by atoms with Crippen LogP contribution in [0.1, 0.15) is 17.5 Å². The van der Waals surface area contributed by atoms with E-state index in [1.165, 1.54) is 5.56 Å². The van der Waals surface area contributed by atoms with E-state index in [1.807, 2.05) is 55.6 Å². The van der Waals surface area contributed by atoms with Crippen LogP contribution in [0, 0.1) is 6.92 Å². The maximum Gasteiger partial charge on any atom is 0.315 e. The van der Waals surface area contributed by atoms with Crippen molar-refractivity contribution >= 4 is 12.0 Å². The second-order valence-electron chi connectivity index (χ2n) is 7.01. The minimum Gasteiger partial charge on any atom is -0.360 e. The summed E-state index contributed by atoms with van der Waals surface area (Å²) < 4.78 is 0. The van der Waals surface area contributed by atoms with Gasteiger partial charge >= 0.3 is 6.03 Å². The third kappa shape index (κ3) is 4.14. The van der Waals surface area contributed by atoms with E-state index in [1.54, 1.807) is 6.20 Å². The van der Waals surface area contributed by atoms with Gasteiger partial charge in [0.25, 0.3) is 0 Å². The second kappa shape index (κ2) is 8.12. The number of carbonyl (C=O) groups excluding carboxylic acids is 1. The monoisotopic (exact) mass is 376 g/mol. The van der Waals surface area contributed by atoms with Gasteiger partial charge in [-0.15, -0.1) is 0 Å². The molecule has 0 spiro atoms. The molecule has 1 saturated heterocycles. The average molecular weight is 376 g/mol. The van der Waals surface area contributed by atoms with Gasteiger partial charge in [0, 0.05) is 38.1 Å². The number of rotatable bonds is 5. The van der Waals surface area contributed by atoms with Crippen LogP contribution in [0.2, 0.25) is 0 Å². The van der Waals surface area contributed by atoms with E-state index in [4.69, 9.17) is 0 Å². The standard InChI is InChI=1S/C21H24N6O/c1-15-5-2-3-6-16(15)13-24-21(28)25-17-9-12-27(14-17)20-23-11-8-19(26-20)18-7-4-10-22-18/h2-8,10-11,17,22H,9,12-14H2,1H3,(H2,24,25,28). The van der Waals surface area contributed by atoms with Crippen LogP contribution in [0.3, 0.4) is 0 Å². The first-order valence-corrected chi connectivity index (χ1v) is 9.49. The van der Waals surface area contributed by atoms with Crippen LogP contribution in [-0.2, 0) is 6.54 Å². The van der Waals surface area contributed by atoms with Crippen molar-refractivity contribution in [2.45, 2.75) is 25.9 Å². The molecule has 1 aliphatic heterocycles. The van der Waals surface area contributed by atoms with Crippen molar-refractivity contribution in [3.05, 3.63) is 66.0 Å². The molecule has 1 aromatic carbocycles. The van der Waals surface area contributed by atoms with Crippen molar-refractivity contribution < 1.29 is 4.79 Å². The molecule has 2 amide bonds. The molecule has 0 bridgehead atoms. The van der Waals surface area contributed by atoms with Crippen LogP contribution in [0.25, 0.3) is 11.4 Å². The van der Waals surface area contributed by atoms with Gasteiger partial charge in [0.05, 0.1) is 11.4 Å². The summed E-state index contributed by atoms with van der Waals surface area (Å²) in [6, 6.07) is 13.8. The number of H-pyrrole nitrogens is 1. The maximum absolute atomic E-state index is 12.3. The predicted octanol–water partition coefficient (Wildman–Crippen LogP) is 2.86. The molecule has 1 fully saturated rings. The fraction of sp³-hybridized carbons (Fsp3) is 0.286. The number of benzene rings is 1. The molecule has 1 unspecified atom stereocenters. The summed E-state index contributed by atoms with van der Waals surface area (Å²) in [5, 5.41) is 6.00. The minimum atomic E-state index is -0.142. The lowest BCUT2D eigenvalue weighted by Gasteiger charge is -2.17. The molecule has 28 heavy (non-hydrogen) atoms. The molecule has 0 aliphatic carbocycles. The van der Waals surface area contributed by atoms with Crippen molar-refractivity contribution in [3.8, 4) is 11.4 Å². The Morgan fingerprint density at radius 2 is 2.14 bits per heavy atom. The van der Waals surface area contributed by atoms with Gasteiger partial charge in [-0.3, -0.25) is 0 Å². The fourth-order valence-corrected chi connectivity index (χ4v) is 3.42. The zero-order valence-corrected chi connectivity index (χ0v) is 15.9. The van der Waals surface area contributed by atoms with E-state index in [0.29, 0.717) is 19.0 Å². The Bertz CT molecular complexity index is 940. The van der Waals surface area contributed by atoms with Crippen LogP contribution in [0.15, 0.2) is 54.9 Å². The van der Waals surface area contributed by atoms with Crippen molar-refractivity contribution in [2.24, 2.45) is 0 Å². The lowest BCUT2D eigenvalue weighted by Crippen LogP contribution is -2.43. The van der Waals surface area contributed by atoms with E-state index >= 15 is 0 Å². The fourth-order valence-electron chi connectivity index (χ4n) is 3.42. The Balaban J connectivity index is 1.31.